The minimum atomic E-state index is -1.03. The maximum atomic E-state index is 10.3. The van der Waals surface area contributed by atoms with Crippen molar-refractivity contribution in [2.45, 2.75) is 12.1 Å². The first-order chi connectivity index (χ1) is 5.95. The predicted molar refractivity (Wildman–Crippen MR) is 53.6 cm³/mol. The molecule has 2 atom stereocenters. The van der Waals surface area contributed by atoms with Crippen LogP contribution in [0, 0.1) is 0 Å². The number of carboxylic acids is 1. The second-order valence-corrected chi connectivity index (χ2v) is 4.38. The zero-order valence-electron chi connectivity index (χ0n) is 6.84. The molecule has 5 nitrogen and oxygen atoms in total. The molecule has 0 amide bonds. The molecule has 0 spiro atoms. The Kier molecular flexibility index (Phi) is 6.36. The first kappa shape index (κ1) is 12.9. The summed E-state index contributed by atoms with van der Waals surface area (Å²) in [7, 11) is 0. The predicted octanol–water partition coefficient (Wildman–Crippen LogP) is -1.87. The fourth-order valence-electron chi connectivity index (χ4n) is 0.465. The molecular weight excluding hydrogens is 259 g/mol. The normalized spacial score (nSPS) is 14.9. The molecule has 0 bridgehead atoms. The molecule has 0 aliphatic rings. The number of hydrogen-bond donors (Lipinski definition) is 4. The Labute approximate surface area is 88.2 Å². The molecule has 7 heteroatoms. The number of carbonyl (C=O) groups is 1. The third-order valence-corrected chi connectivity index (χ3v) is 3.05. The molecule has 6 N–H and O–H groups in total. The van der Waals surface area contributed by atoms with E-state index in [1.54, 1.807) is 0 Å². The molecule has 0 aromatic heterocycles. The number of carboxylic acid groups (broad SMARTS) is 1. The number of aliphatic hydroxyl groups is 1. The van der Waals surface area contributed by atoms with Gasteiger partial charge in [-0.25, -0.2) is 0 Å². The quantitative estimate of drug-likeness (QED) is 0.421. The van der Waals surface area contributed by atoms with Crippen LogP contribution in [0.15, 0.2) is 0 Å². The van der Waals surface area contributed by atoms with Gasteiger partial charge in [-0.1, -0.05) is 0 Å². The van der Waals surface area contributed by atoms with Crippen LogP contribution in [-0.2, 0) is 4.79 Å². The molecule has 0 radical (unpaired) electrons. The van der Waals surface area contributed by atoms with Gasteiger partial charge >= 0.3 is 88.0 Å². The molecule has 0 rings (SSSR count). The van der Waals surface area contributed by atoms with Gasteiger partial charge < -0.3 is 0 Å². The van der Waals surface area contributed by atoms with Crippen LogP contribution in [0.4, 0.5) is 0 Å². The van der Waals surface area contributed by atoms with Crippen LogP contribution < -0.4 is 11.5 Å². The standard InChI is InChI=1S/C6H12N2O3SSe/c7-3(5(9)10)1-12-2-4(8)6(11)13/h3-4H,1-2,7-8H2,(H,9,10)(H,11,13)/t3-,4-/m0/s1. The second kappa shape index (κ2) is 6.39. The summed E-state index contributed by atoms with van der Waals surface area (Å²) in [5.74, 6) is -0.298. The molecule has 13 heavy (non-hydrogen) atoms. The Bertz CT molecular complexity index is 182. The number of aliphatic hydroxyl groups excluding tert-OH is 1. The zero-order chi connectivity index (χ0) is 10.4. The first-order valence-electron chi connectivity index (χ1n) is 3.49. The molecule has 0 heterocycles. The first-order valence-corrected chi connectivity index (χ1v) is 5.50. The zero-order valence-corrected chi connectivity index (χ0v) is 9.37. The van der Waals surface area contributed by atoms with Crippen molar-refractivity contribution in [3.8, 4) is 0 Å². The van der Waals surface area contributed by atoms with Crippen molar-refractivity contribution in [3.63, 3.8) is 0 Å². The molecule has 0 fully saturated rings. The van der Waals surface area contributed by atoms with E-state index in [1.165, 1.54) is 11.8 Å². The molecule has 0 saturated carbocycles. The third kappa shape index (κ3) is 6.06. The van der Waals surface area contributed by atoms with Gasteiger partial charge in [-0.15, -0.1) is 0 Å². The molecule has 0 saturated heterocycles. The third-order valence-electron chi connectivity index (χ3n) is 1.23. The van der Waals surface area contributed by atoms with E-state index in [-0.39, 0.29) is 10.4 Å². The van der Waals surface area contributed by atoms with Crippen LogP contribution in [0.3, 0.4) is 0 Å². The van der Waals surface area contributed by atoms with Gasteiger partial charge in [0.25, 0.3) is 0 Å². The Morgan fingerprint density at radius 2 is 1.77 bits per heavy atom. The summed E-state index contributed by atoms with van der Waals surface area (Å²) in [5, 5.41) is 17.3. The van der Waals surface area contributed by atoms with Crippen molar-refractivity contribution >= 4 is 37.9 Å². The van der Waals surface area contributed by atoms with Gasteiger partial charge in [-0.3, -0.25) is 0 Å². The van der Waals surface area contributed by atoms with E-state index in [2.05, 4.69) is 15.6 Å². The number of rotatable bonds is 6. The van der Waals surface area contributed by atoms with E-state index in [4.69, 9.17) is 21.7 Å². The van der Waals surface area contributed by atoms with Crippen molar-refractivity contribution in [1.82, 2.24) is 0 Å². The summed E-state index contributed by atoms with van der Waals surface area (Å²) in [6.45, 7) is 0. The van der Waals surface area contributed by atoms with Crippen LogP contribution in [0.25, 0.3) is 0 Å². The van der Waals surface area contributed by atoms with Crippen molar-refractivity contribution < 1.29 is 15.0 Å². The van der Waals surface area contributed by atoms with Crippen molar-refractivity contribution in [2.75, 3.05) is 11.5 Å². The van der Waals surface area contributed by atoms with E-state index < -0.39 is 18.1 Å². The molecule has 0 aliphatic heterocycles. The molecular formula is C6H12N2O3SSe. The summed E-state index contributed by atoms with van der Waals surface area (Å²) < 4.78 is 0.0244. The summed E-state index contributed by atoms with van der Waals surface area (Å²) in [4.78, 5) is 10.3. The number of nitrogens with two attached hydrogens (primary N) is 2. The summed E-state index contributed by atoms with van der Waals surface area (Å²) in [5.41, 5.74) is 10.7. The Balaban J connectivity index is 3.56. The van der Waals surface area contributed by atoms with Gasteiger partial charge in [0, 0.05) is 0 Å². The fourth-order valence-corrected chi connectivity index (χ4v) is 1.82. The van der Waals surface area contributed by atoms with E-state index in [0.717, 1.165) is 0 Å². The molecule has 0 aromatic rings. The Morgan fingerprint density at radius 1 is 1.31 bits per heavy atom. The maximum absolute atomic E-state index is 10.3. The number of aliphatic carboxylic acids is 1. The van der Waals surface area contributed by atoms with E-state index >= 15 is 0 Å². The summed E-state index contributed by atoms with van der Waals surface area (Å²) >= 11 is 3.68. The molecule has 0 aliphatic carbocycles. The Morgan fingerprint density at radius 3 is 2.15 bits per heavy atom. The topological polar surface area (TPSA) is 110 Å². The van der Waals surface area contributed by atoms with Crippen LogP contribution in [0.5, 0.6) is 0 Å². The van der Waals surface area contributed by atoms with Crippen LogP contribution >= 0.6 is 11.8 Å². The van der Waals surface area contributed by atoms with Gasteiger partial charge in [-0.2, -0.15) is 0 Å². The summed E-state index contributed by atoms with van der Waals surface area (Å²) in [6, 6.07) is -1.34. The van der Waals surface area contributed by atoms with Gasteiger partial charge in [0.15, 0.2) is 0 Å². The summed E-state index contributed by atoms with van der Waals surface area (Å²) in [6.07, 6.45) is 0. The second-order valence-electron chi connectivity index (χ2n) is 2.43. The van der Waals surface area contributed by atoms with E-state index in [1.807, 2.05) is 0 Å². The van der Waals surface area contributed by atoms with Crippen molar-refractivity contribution in [3.05, 3.63) is 0 Å². The van der Waals surface area contributed by atoms with Crippen LogP contribution in [0.1, 0.15) is 0 Å². The Hall–Kier alpha value is -0.0705. The van der Waals surface area contributed by atoms with Gasteiger partial charge in [0.1, 0.15) is 0 Å². The van der Waals surface area contributed by atoms with Crippen molar-refractivity contribution in [1.29, 1.82) is 0 Å². The van der Waals surface area contributed by atoms with E-state index in [9.17, 15) is 4.79 Å². The van der Waals surface area contributed by atoms with Crippen LogP contribution in [0.2, 0.25) is 0 Å². The number of thioether (sulfide) groups is 1. The monoisotopic (exact) mass is 272 g/mol. The van der Waals surface area contributed by atoms with E-state index in [0.29, 0.717) is 5.75 Å². The van der Waals surface area contributed by atoms with Gasteiger partial charge in [0.2, 0.25) is 0 Å². The average molecular weight is 271 g/mol. The minimum absolute atomic E-state index is 0.0244. The van der Waals surface area contributed by atoms with Crippen LogP contribution in [-0.4, -0.2) is 60.0 Å². The fraction of sp³-hybridized carbons (Fsp3) is 0.667. The molecule has 0 unspecified atom stereocenters. The molecule has 0 aromatic carbocycles. The number of hydrogen-bond acceptors (Lipinski definition) is 5. The van der Waals surface area contributed by atoms with Gasteiger partial charge in [-0.05, 0) is 0 Å². The van der Waals surface area contributed by atoms with Crippen molar-refractivity contribution in [2.24, 2.45) is 11.5 Å². The average Bonchev–Trinajstić information content (AvgIpc) is 2.03. The SMILES string of the molecule is N[C@@H](CSC[C@H](N)C(O)=[Se])C(=O)O. The van der Waals surface area contributed by atoms with Gasteiger partial charge in [0.05, 0.1) is 0 Å². The molecule has 76 valence electrons.